The molecule has 1 aliphatic rings. The molecule has 4 rings (SSSR count). The number of ether oxygens (including phenoxy) is 2. The molecule has 0 saturated carbocycles. The van der Waals surface area contributed by atoms with Crippen LogP contribution in [0.2, 0.25) is 10.0 Å². The number of H-pyrrole nitrogens is 1. The molecule has 1 fully saturated rings. The number of imidazole rings is 1. The van der Waals surface area contributed by atoms with E-state index in [1.54, 1.807) is 26.4 Å². The first kappa shape index (κ1) is 27.6. The molecule has 0 bridgehead atoms. The third-order valence-corrected chi connectivity index (χ3v) is 8.45. The molecule has 10 nitrogen and oxygen atoms in total. The number of aryl methyl sites for hydroxylation is 1. The van der Waals surface area contributed by atoms with E-state index in [1.165, 1.54) is 0 Å². The van der Waals surface area contributed by atoms with Gasteiger partial charge in [0, 0.05) is 57.9 Å². The lowest BCUT2D eigenvalue weighted by Gasteiger charge is -2.38. The molecule has 37 heavy (non-hydrogen) atoms. The number of carbonyl (C=O) groups excluding carboxylic acids is 1. The van der Waals surface area contributed by atoms with Crippen LogP contribution < -0.4 is 4.90 Å². The number of piperidine rings is 1. The Bertz CT molecular complexity index is 1270. The van der Waals surface area contributed by atoms with Crippen LogP contribution in [0.5, 0.6) is 0 Å². The Kier molecular flexibility index (Phi) is 8.91. The number of ketones is 1. The van der Waals surface area contributed by atoms with Gasteiger partial charge in [0.25, 0.3) is 0 Å². The van der Waals surface area contributed by atoms with E-state index in [0.29, 0.717) is 72.3 Å². The number of aromatic nitrogens is 4. The van der Waals surface area contributed by atoms with Crippen LogP contribution in [-0.4, -0.2) is 75.9 Å². The standard InChI is InChI=1S/C24H29Cl2N5O5S/c1-4-36-16-12-31(7-5-14(16)11-15(32)19-18(26)17(25)13(2)28-19)24-29-20(21(37-24)23(33)34)22-27-6-8-30(22)9-10-35-3/h6,8,14,16,28H,4-5,7,9-12H2,1-3H3,(H,33,34)/t14-,16-/m0/s1. The lowest BCUT2D eigenvalue weighted by Crippen LogP contribution is -2.46. The van der Waals surface area contributed by atoms with Gasteiger partial charge in [-0.1, -0.05) is 34.5 Å². The normalized spacial score (nSPS) is 17.9. The maximum absolute atomic E-state index is 13.0. The quantitative estimate of drug-likeness (QED) is 0.316. The van der Waals surface area contributed by atoms with Gasteiger partial charge in [-0.2, -0.15) is 0 Å². The third-order valence-electron chi connectivity index (χ3n) is 6.40. The van der Waals surface area contributed by atoms with Crippen molar-refractivity contribution in [3.8, 4) is 11.5 Å². The molecular weight excluding hydrogens is 541 g/mol. The summed E-state index contributed by atoms with van der Waals surface area (Å²) in [6.07, 6.45) is 4.08. The zero-order valence-electron chi connectivity index (χ0n) is 20.8. The van der Waals surface area contributed by atoms with Crippen molar-refractivity contribution < 1.29 is 24.2 Å². The van der Waals surface area contributed by atoms with Crippen molar-refractivity contribution in [1.82, 2.24) is 19.5 Å². The minimum Gasteiger partial charge on any atom is -0.477 e. The third kappa shape index (κ3) is 5.85. The molecule has 1 aliphatic heterocycles. The van der Waals surface area contributed by atoms with Crippen molar-refractivity contribution in [3.63, 3.8) is 0 Å². The van der Waals surface area contributed by atoms with Crippen LogP contribution in [0.25, 0.3) is 11.5 Å². The smallest absolute Gasteiger partial charge is 0.348 e. The van der Waals surface area contributed by atoms with Gasteiger partial charge in [0.15, 0.2) is 16.7 Å². The number of carbonyl (C=O) groups is 2. The summed E-state index contributed by atoms with van der Waals surface area (Å²) >= 11 is 13.5. The van der Waals surface area contributed by atoms with Crippen molar-refractivity contribution >= 4 is 51.4 Å². The summed E-state index contributed by atoms with van der Waals surface area (Å²) in [4.78, 5) is 39.3. The summed E-state index contributed by atoms with van der Waals surface area (Å²) in [6.45, 7) is 6.23. The van der Waals surface area contributed by atoms with Gasteiger partial charge < -0.3 is 29.0 Å². The summed E-state index contributed by atoms with van der Waals surface area (Å²) in [5, 5.41) is 11.1. The predicted octanol–water partition coefficient (Wildman–Crippen LogP) is 4.80. The highest BCUT2D eigenvalue weighted by Crippen LogP contribution is 2.37. The van der Waals surface area contributed by atoms with Gasteiger partial charge in [0.2, 0.25) is 0 Å². The number of carboxylic acids is 1. The number of halogens is 2. The Morgan fingerprint density at radius 2 is 2.11 bits per heavy atom. The topological polar surface area (TPSA) is 123 Å². The Labute approximate surface area is 228 Å². The molecular formula is C24H29Cl2N5O5S. The zero-order valence-corrected chi connectivity index (χ0v) is 23.1. The lowest BCUT2D eigenvalue weighted by molar-refractivity contribution is 0.0103. The largest absolute Gasteiger partial charge is 0.477 e. The van der Waals surface area contributed by atoms with E-state index in [4.69, 9.17) is 37.7 Å². The molecule has 200 valence electrons. The number of aromatic carboxylic acids is 1. The second kappa shape index (κ2) is 12.0. The molecule has 2 atom stereocenters. The molecule has 2 N–H and O–H groups in total. The molecule has 4 heterocycles. The summed E-state index contributed by atoms with van der Waals surface area (Å²) in [5.74, 6) is -0.724. The van der Waals surface area contributed by atoms with Crippen molar-refractivity contribution in [1.29, 1.82) is 0 Å². The van der Waals surface area contributed by atoms with Crippen LogP contribution in [0, 0.1) is 12.8 Å². The maximum atomic E-state index is 13.0. The van der Waals surface area contributed by atoms with Gasteiger partial charge in [-0.05, 0) is 26.2 Å². The highest BCUT2D eigenvalue weighted by molar-refractivity contribution is 7.17. The van der Waals surface area contributed by atoms with Crippen LogP contribution in [0.1, 0.15) is 45.6 Å². The molecule has 1 saturated heterocycles. The monoisotopic (exact) mass is 569 g/mol. The number of Topliss-reactive ketones (excluding diaryl/α,β-unsaturated/α-hetero) is 1. The van der Waals surface area contributed by atoms with E-state index >= 15 is 0 Å². The van der Waals surface area contributed by atoms with E-state index in [2.05, 4.69) is 9.97 Å². The molecule has 0 radical (unpaired) electrons. The molecule has 0 aliphatic carbocycles. The summed E-state index contributed by atoms with van der Waals surface area (Å²) in [7, 11) is 1.61. The number of carboxylic acid groups (broad SMARTS) is 1. The Hall–Kier alpha value is -2.44. The van der Waals surface area contributed by atoms with Gasteiger partial charge in [-0.25, -0.2) is 14.8 Å². The highest BCUT2D eigenvalue weighted by Gasteiger charge is 2.35. The van der Waals surface area contributed by atoms with E-state index < -0.39 is 5.97 Å². The number of nitrogens with zero attached hydrogens (tertiary/aromatic N) is 4. The van der Waals surface area contributed by atoms with Gasteiger partial charge in [-0.3, -0.25) is 4.79 Å². The first-order valence-electron chi connectivity index (χ1n) is 11.9. The zero-order chi connectivity index (χ0) is 26.7. The fourth-order valence-corrected chi connectivity index (χ4v) is 5.89. The summed E-state index contributed by atoms with van der Waals surface area (Å²) in [5.41, 5.74) is 1.30. The van der Waals surface area contributed by atoms with E-state index in [9.17, 15) is 14.7 Å². The average Bonchev–Trinajstić information content (AvgIpc) is 3.58. The van der Waals surface area contributed by atoms with Gasteiger partial charge >= 0.3 is 5.97 Å². The van der Waals surface area contributed by atoms with Gasteiger partial charge in [-0.15, -0.1) is 0 Å². The van der Waals surface area contributed by atoms with E-state index in [0.717, 1.165) is 11.3 Å². The highest BCUT2D eigenvalue weighted by atomic mass is 35.5. The van der Waals surface area contributed by atoms with Crippen LogP contribution >= 0.6 is 34.5 Å². The Morgan fingerprint density at radius 3 is 2.76 bits per heavy atom. The van der Waals surface area contributed by atoms with Crippen LogP contribution in [0.3, 0.4) is 0 Å². The molecule has 0 spiro atoms. The second-order valence-electron chi connectivity index (χ2n) is 8.79. The number of anilines is 1. The fraction of sp³-hybridized carbons (Fsp3) is 0.500. The number of hydrogen-bond acceptors (Lipinski definition) is 8. The van der Waals surface area contributed by atoms with Crippen molar-refractivity contribution in [3.05, 3.63) is 38.7 Å². The first-order valence-corrected chi connectivity index (χ1v) is 13.5. The molecule has 3 aromatic heterocycles. The second-order valence-corrected chi connectivity index (χ2v) is 10.5. The minimum absolute atomic E-state index is 0.0338. The minimum atomic E-state index is -1.06. The molecule has 0 amide bonds. The van der Waals surface area contributed by atoms with Crippen LogP contribution in [-0.2, 0) is 16.0 Å². The molecule has 13 heteroatoms. The summed E-state index contributed by atoms with van der Waals surface area (Å²) in [6, 6.07) is 0. The number of methoxy groups -OCH3 is 1. The van der Waals surface area contributed by atoms with Gasteiger partial charge in [0.05, 0.1) is 22.8 Å². The van der Waals surface area contributed by atoms with Crippen molar-refractivity contribution in [2.24, 2.45) is 5.92 Å². The molecule has 0 aromatic carbocycles. The Morgan fingerprint density at radius 1 is 1.32 bits per heavy atom. The number of nitrogens with one attached hydrogen (secondary N) is 1. The van der Waals surface area contributed by atoms with E-state index in [1.807, 2.05) is 16.4 Å². The maximum Gasteiger partial charge on any atom is 0.348 e. The first-order chi connectivity index (χ1) is 17.7. The molecule has 3 aromatic rings. The molecule has 0 unspecified atom stereocenters. The predicted molar refractivity (Wildman–Crippen MR) is 142 cm³/mol. The average molecular weight is 570 g/mol. The van der Waals surface area contributed by atoms with Gasteiger partial charge in [0.1, 0.15) is 16.3 Å². The fourth-order valence-electron chi connectivity index (χ4n) is 4.52. The van der Waals surface area contributed by atoms with Crippen LogP contribution in [0.4, 0.5) is 5.13 Å². The lowest BCUT2D eigenvalue weighted by atomic mass is 9.88. The number of rotatable bonds is 11. The number of aromatic amines is 1. The van der Waals surface area contributed by atoms with Crippen molar-refractivity contribution in [2.75, 3.05) is 38.3 Å². The SMILES string of the molecule is CCO[C@H]1CN(c2nc(-c3nccn3CCOC)c(C(=O)O)s2)CC[C@H]1CC(=O)c1[nH]c(C)c(Cl)c1Cl. The number of thiazole rings is 1. The summed E-state index contributed by atoms with van der Waals surface area (Å²) < 4.78 is 13.0. The van der Waals surface area contributed by atoms with Crippen molar-refractivity contribution in [2.45, 2.75) is 39.3 Å². The Balaban J connectivity index is 1.54. The van der Waals surface area contributed by atoms with E-state index in [-0.39, 0.29) is 34.1 Å². The van der Waals surface area contributed by atoms with Crippen LogP contribution in [0.15, 0.2) is 12.4 Å². The number of hydrogen-bond donors (Lipinski definition) is 2.